The first kappa shape index (κ1) is 24.3. The highest BCUT2D eigenvalue weighted by Gasteiger charge is 2.23. The minimum absolute atomic E-state index is 0.194. The molecule has 4 aromatic rings. The van der Waals surface area contributed by atoms with Crippen LogP contribution in [0, 0.1) is 0 Å². The maximum absolute atomic E-state index is 13.7. The summed E-state index contributed by atoms with van der Waals surface area (Å²) in [5.74, 6) is 0.157. The molecule has 188 valence electrons. The number of aromatic nitrogens is 3. The molecule has 10 heteroatoms. The molecule has 1 amide bonds. The second-order valence-electron chi connectivity index (χ2n) is 8.75. The fourth-order valence-electron chi connectivity index (χ4n) is 4.71. The van der Waals surface area contributed by atoms with Crippen LogP contribution in [-0.2, 0) is 11.8 Å². The molecule has 36 heavy (non-hydrogen) atoms. The molecule has 1 N–H and O–H groups in total. The Morgan fingerprint density at radius 1 is 1.19 bits per heavy atom. The fourth-order valence-corrected chi connectivity index (χ4v) is 4.97. The highest BCUT2D eigenvalue weighted by molar-refractivity contribution is 6.32. The van der Waals surface area contributed by atoms with E-state index in [-0.39, 0.29) is 17.2 Å². The number of morpholine rings is 1. The maximum atomic E-state index is 13.7. The molecule has 0 radical (unpaired) electrons. The number of benzene rings is 2. The van der Waals surface area contributed by atoms with Crippen molar-refractivity contribution in [2.45, 2.75) is 6.42 Å². The molecular formula is C26H28ClN5O4. The number of fused-ring (bicyclic) bond motifs is 3. The van der Waals surface area contributed by atoms with Crippen LogP contribution >= 0.6 is 11.6 Å². The number of para-hydroxylation sites is 1. The fraction of sp³-hybridized carbons (Fsp3) is 0.346. The van der Waals surface area contributed by atoms with E-state index in [1.165, 1.54) is 11.8 Å². The van der Waals surface area contributed by atoms with Crippen molar-refractivity contribution in [1.29, 1.82) is 0 Å². The van der Waals surface area contributed by atoms with Gasteiger partial charge in [0.05, 0.1) is 31.0 Å². The molecule has 3 heterocycles. The van der Waals surface area contributed by atoms with Gasteiger partial charge in [-0.1, -0.05) is 29.8 Å². The van der Waals surface area contributed by atoms with Crippen LogP contribution < -0.4 is 15.6 Å². The van der Waals surface area contributed by atoms with Crippen LogP contribution in [0.15, 0.2) is 47.3 Å². The highest BCUT2D eigenvalue weighted by atomic mass is 35.5. The van der Waals surface area contributed by atoms with Gasteiger partial charge in [-0.3, -0.25) is 14.5 Å². The molecule has 5 rings (SSSR count). The summed E-state index contributed by atoms with van der Waals surface area (Å²) in [6, 6.07) is 12.6. The largest absolute Gasteiger partial charge is 0.495 e. The lowest BCUT2D eigenvalue weighted by Gasteiger charge is -2.26. The van der Waals surface area contributed by atoms with E-state index in [0.29, 0.717) is 33.9 Å². The molecule has 2 aromatic carbocycles. The van der Waals surface area contributed by atoms with Crippen LogP contribution in [0.4, 0.5) is 0 Å². The van der Waals surface area contributed by atoms with E-state index in [2.05, 4.69) is 15.3 Å². The van der Waals surface area contributed by atoms with Crippen molar-refractivity contribution in [2.75, 3.05) is 46.5 Å². The van der Waals surface area contributed by atoms with Crippen molar-refractivity contribution in [2.24, 2.45) is 7.05 Å². The van der Waals surface area contributed by atoms with Gasteiger partial charge in [0, 0.05) is 43.0 Å². The Labute approximate surface area is 213 Å². The van der Waals surface area contributed by atoms with E-state index < -0.39 is 0 Å². The molecule has 0 bridgehead atoms. The average Bonchev–Trinajstić information content (AvgIpc) is 3.20. The molecule has 0 saturated carbocycles. The SMILES string of the molecule is COc1ccc(-n2nc(C(=O)NCCCN3CCOCC3)c3c4ccccc4n(C)c3c2=O)cc1Cl. The summed E-state index contributed by atoms with van der Waals surface area (Å²) in [7, 11) is 3.34. The first-order valence-electron chi connectivity index (χ1n) is 11.9. The molecule has 2 aromatic heterocycles. The average molecular weight is 510 g/mol. The summed E-state index contributed by atoms with van der Waals surface area (Å²) in [4.78, 5) is 29.4. The molecule has 0 unspecified atom stereocenters. The van der Waals surface area contributed by atoms with E-state index in [1.54, 1.807) is 18.2 Å². The first-order valence-corrected chi connectivity index (χ1v) is 12.3. The monoisotopic (exact) mass is 509 g/mol. The van der Waals surface area contributed by atoms with E-state index in [0.717, 1.165) is 50.2 Å². The lowest BCUT2D eigenvalue weighted by atomic mass is 10.1. The molecule has 0 atom stereocenters. The molecule has 1 fully saturated rings. The molecule has 1 aliphatic heterocycles. The van der Waals surface area contributed by atoms with Crippen LogP contribution in [0.2, 0.25) is 5.02 Å². The van der Waals surface area contributed by atoms with Gasteiger partial charge in [-0.05, 0) is 37.2 Å². The Morgan fingerprint density at radius 3 is 2.72 bits per heavy atom. The third-order valence-electron chi connectivity index (χ3n) is 6.57. The van der Waals surface area contributed by atoms with Crippen LogP contribution in [-0.4, -0.2) is 71.7 Å². The number of amides is 1. The van der Waals surface area contributed by atoms with Gasteiger partial charge >= 0.3 is 0 Å². The zero-order chi connectivity index (χ0) is 25.2. The number of rotatable bonds is 7. The van der Waals surface area contributed by atoms with Crippen molar-refractivity contribution in [3.05, 3.63) is 63.5 Å². The van der Waals surface area contributed by atoms with Gasteiger partial charge in [-0.25, -0.2) is 0 Å². The van der Waals surface area contributed by atoms with Gasteiger partial charge < -0.3 is 19.4 Å². The summed E-state index contributed by atoms with van der Waals surface area (Å²) < 4.78 is 13.7. The number of methoxy groups -OCH3 is 1. The smallest absolute Gasteiger partial charge is 0.296 e. The number of hydrogen-bond donors (Lipinski definition) is 1. The third kappa shape index (κ3) is 4.45. The zero-order valence-electron chi connectivity index (χ0n) is 20.3. The van der Waals surface area contributed by atoms with E-state index in [4.69, 9.17) is 21.1 Å². The second-order valence-corrected chi connectivity index (χ2v) is 9.15. The first-order chi connectivity index (χ1) is 17.5. The number of hydrogen-bond acceptors (Lipinski definition) is 6. The summed E-state index contributed by atoms with van der Waals surface area (Å²) in [5.41, 5.74) is 1.54. The normalized spacial score (nSPS) is 14.4. The minimum atomic E-state index is -0.339. The van der Waals surface area contributed by atoms with Gasteiger partial charge in [0.25, 0.3) is 11.5 Å². The molecular weight excluding hydrogens is 482 g/mol. The van der Waals surface area contributed by atoms with Gasteiger partial charge in [0.2, 0.25) is 0 Å². The molecule has 0 spiro atoms. The Hall–Kier alpha value is -3.40. The minimum Gasteiger partial charge on any atom is -0.495 e. The van der Waals surface area contributed by atoms with Gasteiger partial charge in [0.1, 0.15) is 11.3 Å². The number of nitrogens with zero attached hydrogens (tertiary/aromatic N) is 4. The van der Waals surface area contributed by atoms with Crippen LogP contribution in [0.25, 0.3) is 27.5 Å². The van der Waals surface area contributed by atoms with Crippen LogP contribution in [0.1, 0.15) is 16.9 Å². The topological polar surface area (TPSA) is 90.6 Å². The summed E-state index contributed by atoms with van der Waals surface area (Å²) in [6.07, 6.45) is 0.804. The predicted octanol–water partition coefficient (Wildman–Crippen LogP) is 2.99. The third-order valence-corrected chi connectivity index (χ3v) is 6.87. The quantitative estimate of drug-likeness (QED) is 0.385. The predicted molar refractivity (Wildman–Crippen MR) is 140 cm³/mol. The second kappa shape index (κ2) is 10.3. The van der Waals surface area contributed by atoms with E-state index >= 15 is 0 Å². The lowest BCUT2D eigenvalue weighted by molar-refractivity contribution is 0.0374. The van der Waals surface area contributed by atoms with E-state index in [9.17, 15) is 9.59 Å². The van der Waals surface area contributed by atoms with Crippen molar-refractivity contribution in [3.63, 3.8) is 0 Å². The standard InChI is InChI=1S/C26H28ClN5O4/c1-30-20-7-4-3-6-18(20)22-23(25(33)28-10-5-11-31-12-14-36-15-13-31)29-32(26(34)24(22)30)17-8-9-21(35-2)19(27)16-17/h3-4,6-9,16H,5,10-15H2,1-2H3,(H,28,33). The van der Waals surface area contributed by atoms with Crippen LogP contribution in [0.5, 0.6) is 5.75 Å². The number of carbonyl (C=O) groups excluding carboxylic acids is 1. The Bertz CT molecular complexity index is 1490. The molecule has 1 saturated heterocycles. The number of aryl methyl sites for hydroxylation is 1. The maximum Gasteiger partial charge on any atom is 0.296 e. The van der Waals surface area contributed by atoms with Crippen molar-refractivity contribution in [1.82, 2.24) is 24.6 Å². The highest BCUT2D eigenvalue weighted by Crippen LogP contribution is 2.30. The van der Waals surface area contributed by atoms with E-state index in [1.807, 2.05) is 35.9 Å². The van der Waals surface area contributed by atoms with Gasteiger partial charge in [0.15, 0.2) is 5.69 Å². The number of nitrogens with one attached hydrogen (secondary N) is 1. The summed E-state index contributed by atoms with van der Waals surface area (Å²) in [6.45, 7) is 4.67. The van der Waals surface area contributed by atoms with Crippen molar-refractivity contribution >= 4 is 39.3 Å². The molecule has 0 aliphatic carbocycles. The summed E-state index contributed by atoms with van der Waals surface area (Å²) >= 11 is 6.33. The van der Waals surface area contributed by atoms with Gasteiger partial charge in [-0.15, -0.1) is 0 Å². The Balaban J connectivity index is 1.55. The zero-order valence-corrected chi connectivity index (χ0v) is 21.0. The summed E-state index contributed by atoms with van der Waals surface area (Å²) in [5, 5.41) is 9.24. The Morgan fingerprint density at radius 2 is 1.97 bits per heavy atom. The van der Waals surface area contributed by atoms with Gasteiger partial charge in [-0.2, -0.15) is 9.78 Å². The number of halogens is 1. The van der Waals surface area contributed by atoms with Crippen LogP contribution in [0.3, 0.4) is 0 Å². The number of carbonyl (C=O) groups is 1. The molecule has 9 nitrogen and oxygen atoms in total. The van der Waals surface area contributed by atoms with Crippen molar-refractivity contribution < 1.29 is 14.3 Å². The molecule has 1 aliphatic rings. The lowest BCUT2D eigenvalue weighted by Crippen LogP contribution is -2.38. The van der Waals surface area contributed by atoms with Crippen molar-refractivity contribution in [3.8, 4) is 11.4 Å². The number of ether oxygens (including phenoxy) is 2. The Kier molecular flexibility index (Phi) is 6.95.